The van der Waals surface area contributed by atoms with Crippen LogP contribution >= 0.6 is 11.6 Å². The number of hydrogen-bond donors (Lipinski definition) is 0. The van der Waals surface area contributed by atoms with Gasteiger partial charge < -0.3 is 9.47 Å². The van der Waals surface area contributed by atoms with Gasteiger partial charge in [-0.1, -0.05) is 73.0 Å². The highest BCUT2D eigenvalue weighted by Crippen LogP contribution is 2.40. The second-order valence-electron chi connectivity index (χ2n) is 9.32. The third-order valence-corrected chi connectivity index (χ3v) is 7.40. The molecule has 5 rings (SSSR count). The minimum absolute atomic E-state index is 0.0931. The van der Waals surface area contributed by atoms with E-state index in [1.807, 2.05) is 30.3 Å². The number of ether oxygens (including phenoxy) is 2. The molecule has 0 amide bonds. The SMILES string of the molecule is CN1CCc2ccc(OCc3ccccc3)cc2C1OCc1cccc(Cl)c1C1CCCC1. The maximum atomic E-state index is 6.66. The number of hydrogen-bond acceptors (Lipinski definition) is 3. The Labute approximate surface area is 202 Å². The Morgan fingerprint density at radius 1 is 0.939 bits per heavy atom. The number of benzene rings is 3. The third-order valence-electron chi connectivity index (χ3n) is 7.07. The lowest BCUT2D eigenvalue weighted by Crippen LogP contribution is -2.33. The number of likely N-dealkylation sites (N-methyl/N-ethyl adjacent to an activating group) is 1. The van der Waals surface area contributed by atoms with Crippen LogP contribution < -0.4 is 4.74 Å². The van der Waals surface area contributed by atoms with Gasteiger partial charge in [-0.25, -0.2) is 0 Å². The van der Waals surface area contributed by atoms with Crippen molar-refractivity contribution in [2.24, 2.45) is 0 Å². The molecule has 1 heterocycles. The molecule has 1 atom stereocenters. The average Bonchev–Trinajstić information content (AvgIpc) is 3.37. The normalized spacial score (nSPS) is 18.9. The smallest absolute Gasteiger partial charge is 0.137 e. The van der Waals surface area contributed by atoms with E-state index in [0.717, 1.165) is 23.7 Å². The molecule has 1 fully saturated rings. The van der Waals surface area contributed by atoms with Gasteiger partial charge >= 0.3 is 0 Å². The fourth-order valence-electron chi connectivity index (χ4n) is 5.28. The third kappa shape index (κ3) is 5.11. The first-order valence-electron chi connectivity index (χ1n) is 12.1. The molecule has 3 aromatic carbocycles. The van der Waals surface area contributed by atoms with Gasteiger partial charge in [0.15, 0.2) is 0 Å². The molecule has 1 unspecified atom stereocenters. The molecule has 0 saturated heterocycles. The van der Waals surface area contributed by atoms with Crippen LogP contribution in [-0.4, -0.2) is 18.5 Å². The quantitative estimate of drug-likeness (QED) is 0.369. The lowest BCUT2D eigenvalue weighted by atomic mass is 9.93. The summed E-state index contributed by atoms with van der Waals surface area (Å²) < 4.78 is 12.7. The van der Waals surface area contributed by atoms with E-state index in [-0.39, 0.29) is 6.23 Å². The number of rotatable bonds is 7. The van der Waals surface area contributed by atoms with E-state index < -0.39 is 0 Å². The average molecular weight is 462 g/mol. The van der Waals surface area contributed by atoms with Crippen molar-refractivity contribution in [2.75, 3.05) is 13.6 Å². The molecule has 0 radical (unpaired) electrons. The van der Waals surface area contributed by atoms with E-state index in [2.05, 4.69) is 48.3 Å². The Hall–Kier alpha value is -2.33. The van der Waals surface area contributed by atoms with Crippen molar-refractivity contribution in [3.05, 3.63) is 99.6 Å². The summed E-state index contributed by atoms with van der Waals surface area (Å²) in [5, 5.41) is 0.886. The summed E-state index contributed by atoms with van der Waals surface area (Å²) in [4.78, 5) is 2.29. The van der Waals surface area contributed by atoms with E-state index >= 15 is 0 Å². The molecule has 0 spiro atoms. The monoisotopic (exact) mass is 461 g/mol. The van der Waals surface area contributed by atoms with Crippen LogP contribution in [0.25, 0.3) is 0 Å². The summed E-state index contributed by atoms with van der Waals surface area (Å²) in [5.74, 6) is 1.45. The fourth-order valence-corrected chi connectivity index (χ4v) is 5.63. The van der Waals surface area contributed by atoms with Crippen LogP contribution in [0.3, 0.4) is 0 Å². The van der Waals surface area contributed by atoms with Crippen molar-refractivity contribution >= 4 is 11.6 Å². The van der Waals surface area contributed by atoms with E-state index in [1.165, 1.54) is 53.5 Å². The van der Waals surface area contributed by atoms with Crippen LogP contribution in [0.4, 0.5) is 0 Å². The van der Waals surface area contributed by atoms with Crippen LogP contribution in [0.5, 0.6) is 5.75 Å². The summed E-state index contributed by atoms with van der Waals surface area (Å²) >= 11 is 6.66. The van der Waals surface area contributed by atoms with Gasteiger partial charge in [-0.05, 0) is 72.7 Å². The van der Waals surface area contributed by atoms with Crippen LogP contribution in [0.15, 0.2) is 66.7 Å². The number of fused-ring (bicyclic) bond motifs is 1. The maximum absolute atomic E-state index is 6.66. The van der Waals surface area contributed by atoms with Gasteiger partial charge in [-0.2, -0.15) is 0 Å². The van der Waals surface area contributed by atoms with Crippen LogP contribution in [0.2, 0.25) is 5.02 Å². The van der Waals surface area contributed by atoms with Gasteiger partial charge in [0.1, 0.15) is 18.6 Å². The lowest BCUT2D eigenvalue weighted by Gasteiger charge is -2.35. The Bertz CT molecular complexity index is 1080. The Morgan fingerprint density at radius 3 is 2.58 bits per heavy atom. The fraction of sp³-hybridized carbons (Fsp3) is 0.379. The van der Waals surface area contributed by atoms with E-state index in [9.17, 15) is 0 Å². The minimum Gasteiger partial charge on any atom is -0.489 e. The Kier molecular flexibility index (Phi) is 7.01. The summed E-state index contributed by atoms with van der Waals surface area (Å²) in [5.41, 5.74) is 6.24. The summed E-state index contributed by atoms with van der Waals surface area (Å²) in [6.07, 6.45) is 5.97. The van der Waals surface area contributed by atoms with E-state index in [1.54, 1.807) is 0 Å². The zero-order chi connectivity index (χ0) is 22.6. The molecular formula is C29H32ClNO2. The van der Waals surface area contributed by atoms with Gasteiger partial charge in [0.25, 0.3) is 0 Å². The van der Waals surface area contributed by atoms with Crippen LogP contribution in [0, 0.1) is 0 Å². The molecule has 0 N–H and O–H groups in total. The van der Waals surface area contributed by atoms with Crippen molar-refractivity contribution in [1.29, 1.82) is 0 Å². The van der Waals surface area contributed by atoms with Gasteiger partial charge in [0, 0.05) is 17.1 Å². The molecule has 3 nitrogen and oxygen atoms in total. The Morgan fingerprint density at radius 2 is 1.76 bits per heavy atom. The summed E-state index contributed by atoms with van der Waals surface area (Å²) in [7, 11) is 2.14. The predicted molar refractivity (Wildman–Crippen MR) is 134 cm³/mol. The second-order valence-corrected chi connectivity index (χ2v) is 9.73. The molecule has 4 heteroatoms. The molecule has 1 aliphatic carbocycles. The molecule has 3 aromatic rings. The van der Waals surface area contributed by atoms with E-state index in [4.69, 9.17) is 21.1 Å². The topological polar surface area (TPSA) is 21.7 Å². The van der Waals surface area contributed by atoms with Gasteiger partial charge in [0.05, 0.1) is 6.61 Å². The molecule has 2 aliphatic rings. The molecule has 1 saturated carbocycles. The highest BCUT2D eigenvalue weighted by molar-refractivity contribution is 6.31. The van der Waals surface area contributed by atoms with Crippen molar-refractivity contribution in [3.63, 3.8) is 0 Å². The van der Waals surface area contributed by atoms with Gasteiger partial charge in [0.2, 0.25) is 0 Å². The molecule has 1 aliphatic heterocycles. The first-order valence-corrected chi connectivity index (χ1v) is 12.5. The minimum atomic E-state index is -0.0931. The molecule has 0 bridgehead atoms. The van der Waals surface area contributed by atoms with Gasteiger partial charge in [-0.3, -0.25) is 4.90 Å². The Balaban J connectivity index is 1.34. The largest absolute Gasteiger partial charge is 0.489 e. The molecule has 0 aromatic heterocycles. The van der Waals surface area contributed by atoms with Crippen LogP contribution in [-0.2, 0) is 24.4 Å². The lowest BCUT2D eigenvalue weighted by molar-refractivity contribution is -0.0660. The van der Waals surface area contributed by atoms with Crippen molar-refractivity contribution in [3.8, 4) is 5.75 Å². The van der Waals surface area contributed by atoms with E-state index in [0.29, 0.717) is 19.1 Å². The first-order chi connectivity index (χ1) is 16.2. The molecule has 33 heavy (non-hydrogen) atoms. The highest BCUT2D eigenvalue weighted by atomic mass is 35.5. The molecule has 172 valence electrons. The predicted octanol–water partition coefficient (Wildman–Crippen LogP) is 7.28. The van der Waals surface area contributed by atoms with Gasteiger partial charge in [-0.15, -0.1) is 0 Å². The first kappa shape index (κ1) is 22.5. The zero-order valence-corrected chi connectivity index (χ0v) is 20.1. The number of halogens is 1. The van der Waals surface area contributed by atoms with Crippen molar-refractivity contribution in [2.45, 2.75) is 57.5 Å². The summed E-state index contributed by atoms with van der Waals surface area (Å²) in [6, 6.07) is 23.0. The highest BCUT2D eigenvalue weighted by Gasteiger charge is 2.28. The van der Waals surface area contributed by atoms with Crippen molar-refractivity contribution < 1.29 is 9.47 Å². The maximum Gasteiger partial charge on any atom is 0.137 e. The summed E-state index contributed by atoms with van der Waals surface area (Å²) in [6.45, 7) is 2.11. The van der Waals surface area contributed by atoms with Crippen molar-refractivity contribution in [1.82, 2.24) is 4.90 Å². The molecular weight excluding hydrogens is 430 g/mol. The standard InChI is InChI=1S/C29H32ClNO2/c1-31-17-16-22-14-15-25(32-19-21-8-3-2-4-9-21)18-26(22)29(31)33-20-24-12-7-13-27(30)28(24)23-10-5-6-11-23/h2-4,7-9,12-15,18,23,29H,5-6,10-11,16-17,19-20H2,1H3. The van der Waals surface area contributed by atoms with Crippen LogP contribution in [0.1, 0.15) is 65.6 Å². The second kappa shape index (κ2) is 10.3. The number of nitrogens with zero attached hydrogens (tertiary/aromatic N) is 1. The zero-order valence-electron chi connectivity index (χ0n) is 19.3.